The Morgan fingerprint density at radius 2 is 1.81 bits per heavy atom. The minimum Gasteiger partial charge on any atom is -0.493 e. The number of pyridine rings is 1. The van der Waals surface area contributed by atoms with Crippen LogP contribution in [0.4, 0.5) is 0 Å². The predicted octanol–water partition coefficient (Wildman–Crippen LogP) is 4.80. The smallest absolute Gasteiger partial charge is 0.122 e. The van der Waals surface area contributed by atoms with Gasteiger partial charge in [-0.25, -0.2) is 0 Å². The van der Waals surface area contributed by atoms with Crippen molar-refractivity contribution in [1.29, 1.82) is 0 Å². The molecule has 1 aromatic heterocycles. The van der Waals surface area contributed by atoms with Gasteiger partial charge in [-0.15, -0.1) is 0 Å². The summed E-state index contributed by atoms with van der Waals surface area (Å²) in [7, 11) is 0. The number of fused-ring (bicyclic) bond motifs is 2. The second kappa shape index (κ2) is 6.82. The number of hydrogen-bond donors (Lipinski definition) is 0. The SMILES string of the molecule is CC(c1ccc2c(c1)OCC2)N1CCc2nc(-c3ccccc3)ccc2C1. The molecule has 3 heterocycles. The van der Waals surface area contributed by atoms with E-state index in [1.165, 1.54) is 27.9 Å². The van der Waals surface area contributed by atoms with Crippen LogP contribution in [0.2, 0.25) is 0 Å². The Bertz CT molecular complexity index is 967. The van der Waals surface area contributed by atoms with Crippen molar-refractivity contribution in [3.63, 3.8) is 0 Å². The lowest BCUT2D eigenvalue weighted by Gasteiger charge is -2.33. The lowest BCUT2D eigenvalue weighted by molar-refractivity contribution is 0.190. The first-order valence-electron chi connectivity index (χ1n) is 9.82. The molecule has 0 amide bonds. The summed E-state index contributed by atoms with van der Waals surface area (Å²) >= 11 is 0. The van der Waals surface area contributed by atoms with Crippen LogP contribution < -0.4 is 4.74 Å². The van der Waals surface area contributed by atoms with Crippen LogP contribution >= 0.6 is 0 Å². The highest BCUT2D eigenvalue weighted by molar-refractivity contribution is 5.59. The molecule has 0 aliphatic carbocycles. The van der Waals surface area contributed by atoms with E-state index >= 15 is 0 Å². The van der Waals surface area contributed by atoms with E-state index in [0.717, 1.165) is 44.0 Å². The largest absolute Gasteiger partial charge is 0.493 e. The Hall–Kier alpha value is -2.65. The van der Waals surface area contributed by atoms with Gasteiger partial charge in [0.15, 0.2) is 0 Å². The molecule has 1 unspecified atom stereocenters. The Labute approximate surface area is 160 Å². The molecular formula is C24H24N2O. The lowest BCUT2D eigenvalue weighted by atomic mass is 9.98. The van der Waals surface area contributed by atoms with Crippen LogP contribution in [0.3, 0.4) is 0 Å². The molecule has 3 heteroatoms. The number of nitrogens with zero attached hydrogens (tertiary/aromatic N) is 2. The Morgan fingerprint density at radius 1 is 0.963 bits per heavy atom. The third kappa shape index (κ3) is 3.13. The summed E-state index contributed by atoms with van der Waals surface area (Å²) in [5.41, 5.74) is 7.55. The summed E-state index contributed by atoms with van der Waals surface area (Å²) < 4.78 is 5.76. The van der Waals surface area contributed by atoms with Gasteiger partial charge in [0.2, 0.25) is 0 Å². The van der Waals surface area contributed by atoms with Gasteiger partial charge >= 0.3 is 0 Å². The molecule has 2 aliphatic heterocycles. The second-order valence-electron chi connectivity index (χ2n) is 7.53. The van der Waals surface area contributed by atoms with Gasteiger partial charge in [0.1, 0.15) is 5.75 Å². The molecule has 0 saturated heterocycles. The van der Waals surface area contributed by atoms with Gasteiger partial charge in [0, 0.05) is 43.2 Å². The number of aromatic nitrogens is 1. The Balaban J connectivity index is 1.36. The van der Waals surface area contributed by atoms with Crippen LogP contribution in [0.1, 0.15) is 35.3 Å². The van der Waals surface area contributed by atoms with Crippen LogP contribution in [0.15, 0.2) is 60.7 Å². The molecule has 0 radical (unpaired) electrons. The van der Waals surface area contributed by atoms with E-state index in [2.05, 4.69) is 66.4 Å². The molecule has 0 spiro atoms. The van der Waals surface area contributed by atoms with E-state index < -0.39 is 0 Å². The minimum atomic E-state index is 0.376. The molecular weight excluding hydrogens is 332 g/mol. The number of hydrogen-bond acceptors (Lipinski definition) is 3. The van der Waals surface area contributed by atoms with Crippen molar-refractivity contribution in [2.24, 2.45) is 0 Å². The molecule has 5 rings (SSSR count). The van der Waals surface area contributed by atoms with Crippen LogP contribution in [0.5, 0.6) is 5.75 Å². The fourth-order valence-electron chi connectivity index (χ4n) is 4.19. The zero-order valence-corrected chi connectivity index (χ0v) is 15.7. The van der Waals surface area contributed by atoms with Crippen LogP contribution in [0, 0.1) is 0 Å². The van der Waals surface area contributed by atoms with E-state index in [1.807, 2.05) is 6.07 Å². The standard InChI is InChI=1S/C24H24N2O/c1-17(20-8-7-19-12-14-27-24(19)15-20)26-13-11-23-21(16-26)9-10-22(25-23)18-5-3-2-4-6-18/h2-10,15,17H,11-14,16H2,1H3. The first-order chi connectivity index (χ1) is 13.3. The molecule has 2 aromatic carbocycles. The minimum absolute atomic E-state index is 0.376. The van der Waals surface area contributed by atoms with Crippen molar-refractivity contribution in [2.75, 3.05) is 13.2 Å². The molecule has 0 N–H and O–H groups in total. The maximum atomic E-state index is 5.76. The maximum absolute atomic E-state index is 5.76. The molecule has 27 heavy (non-hydrogen) atoms. The summed E-state index contributed by atoms with van der Waals surface area (Å²) in [4.78, 5) is 7.50. The van der Waals surface area contributed by atoms with Gasteiger partial charge in [0.05, 0.1) is 12.3 Å². The third-order valence-corrected chi connectivity index (χ3v) is 5.90. The number of benzene rings is 2. The molecule has 1 atom stereocenters. The Morgan fingerprint density at radius 3 is 2.70 bits per heavy atom. The van der Waals surface area contributed by atoms with Crippen molar-refractivity contribution >= 4 is 0 Å². The summed E-state index contributed by atoms with van der Waals surface area (Å²) in [6.45, 7) is 5.11. The molecule has 0 bridgehead atoms. The molecule has 0 saturated carbocycles. The highest BCUT2D eigenvalue weighted by Gasteiger charge is 2.24. The van der Waals surface area contributed by atoms with Gasteiger partial charge in [-0.2, -0.15) is 0 Å². The second-order valence-corrected chi connectivity index (χ2v) is 7.53. The fourth-order valence-corrected chi connectivity index (χ4v) is 4.19. The maximum Gasteiger partial charge on any atom is 0.122 e. The van der Waals surface area contributed by atoms with Gasteiger partial charge in [-0.05, 0) is 35.7 Å². The predicted molar refractivity (Wildman–Crippen MR) is 108 cm³/mol. The lowest BCUT2D eigenvalue weighted by Crippen LogP contribution is -2.33. The first-order valence-corrected chi connectivity index (χ1v) is 9.82. The number of ether oxygens (including phenoxy) is 1. The molecule has 0 fully saturated rings. The van der Waals surface area contributed by atoms with E-state index in [4.69, 9.17) is 9.72 Å². The number of rotatable bonds is 3. The highest BCUT2D eigenvalue weighted by atomic mass is 16.5. The Kier molecular flexibility index (Phi) is 4.17. The molecule has 3 aromatic rings. The van der Waals surface area contributed by atoms with E-state index in [1.54, 1.807) is 0 Å². The van der Waals surface area contributed by atoms with E-state index in [9.17, 15) is 0 Å². The van der Waals surface area contributed by atoms with Crippen molar-refractivity contribution in [3.05, 3.63) is 83.0 Å². The van der Waals surface area contributed by atoms with Crippen molar-refractivity contribution < 1.29 is 4.74 Å². The normalized spacial score (nSPS) is 17.1. The zero-order valence-electron chi connectivity index (χ0n) is 15.7. The third-order valence-electron chi connectivity index (χ3n) is 5.90. The van der Waals surface area contributed by atoms with Crippen molar-refractivity contribution in [2.45, 2.75) is 32.4 Å². The van der Waals surface area contributed by atoms with E-state index in [0.29, 0.717) is 6.04 Å². The quantitative estimate of drug-likeness (QED) is 0.674. The average molecular weight is 356 g/mol. The van der Waals surface area contributed by atoms with Gasteiger partial charge in [-0.3, -0.25) is 9.88 Å². The van der Waals surface area contributed by atoms with Crippen LogP contribution in [-0.4, -0.2) is 23.0 Å². The monoisotopic (exact) mass is 356 g/mol. The molecule has 136 valence electrons. The molecule has 3 nitrogen and oxygen atoms in total. The fraction of sp³-hybridized carbons (Fsp3) is 0.292. The average Bonchev–Trinajstić information content (AvgIpc) is 3.21. The molecule has 2 aliphatic rings. The summed E-state index contributed by atoms with van der Waals surface area (Å²) in [6.07, 6.45) is 2.04. The van der Waals surface area contributed by atoms with Gasteiger partial charge in [-0.1, -0.05) is 48.5 Å². The summed E-state index contributed by atoms with van der Waals surface area (Å²) in [6, 6.07) is 22.0. The summed E-state index contributed by atoms with van der Waals surface area (Å²) in [5.74, 6) is 1.07. The topological polar surface area (TPSA) is 25.4 Å². The summed E-state index contributed by atoms with van der Waals surface area (Å²) in [5, 5.41) is 0. The van der Waals surface area contributed by atoms with Crippen LogP contribution in [-0.2, 0) is 19.4 Å². The van der Waals surface area contributed by atoms with Gasteiger partial charge < -0.3 is 4.74 Å². The van der Waals surface area contributed by atoms with Crippen LogP contribution in [0.25, 0.3) is 11.3 Å². The first kappa shape index (κ1) is 16.5. The van der Waals surface area contributed by atoms with E-state index in [-0.39, 0.29) is 0 Å². The highest BCUT2D eigenvalue weighted by Crippen LogP contribution is 2.33. The zero-order chi connectivity index (χ0) is 18.2. The van der Waals surface area contributed by atoms with Crippen molar-refractivity contribution in [1.82, 2.24) is 9.88 Å². The van der Waals surface area contributed by atoms with Crippen molar-refractivity contribution in [3.8, 4) is 17.0 Å². The van der Waals surface area contributed by atoms with Gasteiger partial charge in [0.25, 0.3) is 0 Å².